The first-order chi connectivity index (χ1) is 24.0. The Morgan fingerprint density at radius 2 is 1.27 bits per heavy atom. The Hall–Kier alpha value is -3.17. The molecule has 1 N–H and O–H groups in total. The van der Waals surface area contributed by atoms with Gasteiger partial charge < -0.3 is 9.84 Å². The van der Waals surface area contributed by atoms with Gasteiger partial charge in [0.1, 0.15) is 11.5 Å². The summed E-state index contributed by atoms with van der Waals surface area (Å²) in [6.07, 6.45) is 13.3. The van der Waals surface area contributed by atoms with Crippen LogP contribution in [0.5, 0.6) is 11.5 Å². The molecule has 0 bridgehead atoms. The average molecular weight is 757 g/mol. The maximum absolute atomic E-state index is 9.81. The molecule has 0 fully saturated rings. The standard InChI is InChI=1S/C17H20N4OS2.C14H14N4OS.C3H7ClS/c1-3-10-24-17-18-8-7-16(20-17)21-14-5-4-6-15(13(14)12-19-21)22-9-11-23-2;1-2-8-20-14-15-7-6-13(17-14)18-11-4-3-5-12(19)10(11)9-16-18;1-5-3-2-4/h4-8,12H,3,9-11H2,1-2H3;3-7,9,19H,2,8H2,1H3;2-3H2,1H3. The summed E-state index contributed by atoms with van der Waals surface area (Å²) in [5.74, 6) is 7.39. The molecular formula is C34H41ClN8O2S4. The number of aromatic nitrogens is 8. The van der Waals surface area contributed by atoms with Crippen LogP contribution in [0, 0.1) is 0 Å². The predicted octanol–water partition coefficient (Wildman–Crippen LogP) is 8.67. The summed E-state index contributed by atoms with van der Waals surface area (Å²) in [5, 5.41) is 21.9. The highest BCUT2D eigenvalue weighted by atomic mass is 35.5. The fourth-order valence-corrected chi connectivity index (χ4v) is 6.52. The molecule has 6 rings (SSSR count). The zero-order valence-corrected chi connectivity index (χ0v) is 32.1. The number of rotatable bonds is 14. The molecule has 0 aliphatic rings. The first kappa shape index (κ1) is 38.6. The van der Waals surface area contributed by atoms with Crippen LogP contribution in [0.15, 0.2) is 83.6 Å². The molecule has 0 amide bonds. The largest absolute Gasteiger partial charge is 0.507 e. The highest BCUT2D eigenvalue weighted by Gasteiger charge is 2.12. The van der Waals surface area contributed by atoms with Crippen LogP contribution in [0.4, 0.5) is 0 Å². The molecule has 0 aliphatic heterocycles. The zero-order valence-electron chi connectivity index (χ0n) is 28.0. The molecule has 4 heterocycles. The molecule has 0 saturated heterocycles. The third kappa shape index (κ3) is 11.2. The van der Waals surface area contributed by atoms with Gasteiger partial charge in [-0.2, -0.15) is 33.7 Å². The Morgan fingerprint density at radius 3 is 1.80 bits per heavy atom. The van der Waals surface area contributed by atoms with Gasteiger partial charge in [-0.05, 0) is 49.6 Å². The summed E-state index contributed by atoms with van der Waals surface area (Å²) in [4.78, 5) is 17.7. The first-order valence-corrected chi connectivity index (χ1v) is 21.0. The molecule has 0 aliphatic carbocycles. The Balaban J connectivity index is 0.000000197. The third-order valence-electron chi connectivity index (χ3n) is 6.53. The second-order valence-corrected chi connectivity index (χ2v) is 14.6. The number of hydrogen-bond acceptors (Lipinski definition) is 12. The number of halogens is 1. The van der Waals surface area contributed by atoms with Gasteiger partial charge in [0.25, 0.3) is 0 Å². The van der Waals surface area contributed by atoms with E-state index in [4.69, 9.17) is 16.3 Å². The van der Waals surface area contributed by atoms with Gasteiger partial charge in [0, 0.05) is 53.4 Å². The lowest BCUT2D eigenvalue weighted by molar-refractivity contribution is 0.348. The zero-order chi connectivity index (χ0) is 34.8. The lowest BCUT2D eigenvalue weighted by Crippen LogP contribution is -2.02. The minimum absolute atomic E-state index is 0.225. The molecule has 15 heteroatoms. The molecule has 0 unspecified atom stereocenters. The van der Waals surface area contributed by atoms with Crippen LogP contribution in [0.2, 0.25) is 0 Å². The molecule has 260 valence electrons. The number of ether oxygens (including phenoxy) is 1. The van der Waals surface area contributed by atoms with Crippen molar-refractivity contribution in [2.75, 3.05) is 48.0 Å². The molecule has 0 atom stereocenters. The van der Waals surface area contributed by atoms with Crippen LogP contribution < -0.4 is 4.74 Å². The number of aromatic hydroxyl groups is 1. The van der Waals surface area contributed by atoms with Crippen LogP contribution in [-0.2, 0) is 0 Å². The molecule has 2 aromatic carbocycles. The van der Waals surface area contributed by atoms with Gasteiger partial charge in [-0.15, -0.1) is 11.6 Å². The number of thioether (sulfide) groups is 4. The van der Waals surface area contributed by atoms with Gasteiger partial charge in [0.05, 0.1) is 40.8 Å². The van der Waals surface area contributed by atoms with Crippen molar-refractivity contribution >= 4 is 80.5 Å². The molecule has 49 heavy (non-hydrogen) atoms. The highest BCUT2D eigenvalue weighted by Crippen LogP contribution is 2.28. The molecular weight excluding hydrogens is 716 g/mol. The van der Waals surface area contributed by atoms with Crippen molar-refractivity contribution in [3.05, 3.63) is 73.3 Å². The van der Waals surface area contributed by atoms with E-state index >= 15 is 0 Å². The third-order valence-corrected chi connectivity index (χ3v) is 10.3. The van der Waals surface area contributed by atoms with Crippen molar-refractivity contribution < 1.29 is 9.84 Å². The predicted molar refractivity (Wildman–Crippen MR) is 210 cm³/mol. The maximum atomic E-state index is 9.81. The summed E-state index contributed by atoms with van der Waals surface area (Å²) < 4.78 is 9.43. The number of phenols is 1. The number of benzene rings is 2. The lowest BCUT2D eigenvalue weighted by atomic mass is 10.2. The van der Waals surface area contributed by atoms with Crippen molar-refractivity contribution in [1.29, 1.82) is 0 Å². The number of fused-ring (bicyclic) bond motifs is 2. The topological polar surface area (TPSA) is 117 Å². The summed E-state index contributed by atoms with van der Waals surface area (Å²) in [5.41, 5.74) is 1.82. The Kier molecular flexibility index (Phi) is 16.7. The molecule has 0 spiro atoms. The van der Waals surface area contributed by atoms with Crippen LogP contribution in [0.3, 0.4) is 0 Å². The lowest BCUT2D eigenvalue weighted by Gasteiger charge is -2.07. The number of alkyl halides is 1. The molecule has 0 saturated carbocycles. The minimum Gasteiger partial charge on any atom is -0.507 e. The highest BCUT2D eigenvalue weighted by molar-refractivity contribution is 7.99. The number of nitrogens with zero attached hydrogens (tertiary/aromatic N) is 8. The molecule has 4 aromatic heterocycles. The quantitative estimate of drug-likeness (QED) is 0.0496. The van der Waals surface area contributed by atoms with Gasteiger partial charge in [0.2, 0.25) is 0 Å². The fourth-order valence-electron chi connectivity index (χ4n) is 4.29. The normalized spacial score (nSPS) is 10.8. The van der Waals surface area contributed by atoms with Gasteiger partial charge in [-0.3, -0.25) is 0 Å². The second-order valence-electron chi connectivity index (χ2n) is 10.1. The summed E-state index contributed by atoms with van der Waals surface area (Å²) in [6.45, 7) is 4.97. The minimum atomic E-state index is 0.225. The second kappa shape index (κ2) is 21.1. The van der Waals surface area contributed by atoms with Gasteiger partial charge in [-0.1, -0.05) is 49.5 Å². The summed E-state index contributed by atoms with van der Waals surface area (Å²) >= 11 is 12.1. The van der Waals surface area contributed by atoms with Crippen molar-refractivity contribution in [1.82, 2.24) is 39.5 Å². The van der Waals surface area contributed by atoms with Gasteiger partial charge >= 0.3 is 0 Å². The number of hydrogen-bond donors (Lipinski definition) is 1. The molecule has 10 nitrogen and oxygen atoms in total. The van der Waals surface area contributed by atoms with Crippen LogP contribution in [0.25, 0.3) is 33.4 Å². The van der Waals surface area contributed by atoms with E-state index in [1.165, 1.54) is 0 Å². The van der Waals surface area contributed by atoms with Crippen molar-refractivity contribution in [2.45, 2.75) is 37.0 Å². The van der Waals surface area contributed by atoms with Crippen molar-refractivity contribution in [3.8, 4) is 23.1 Å². The molecule has 0 radical (unpaired) electrons. The Bertz CT molecular complexity index is 1870. The van der Waals surface area contributed by atoms with E-state index in [1.807, 2.05) is 53.5 Å². The van der Waals surface area contributed by atoms with E-state index in [0.717, 1.165) is 80.0 Å². The Labute approximate surface area is 309 Å². The van der Waals surface area contributed by atoms with E-state index in [0.29, 0.717) is 17.8 Å². The number of phenolic OH excluding ortho intramolecular Hbond substituents is 1. The summed E-state index contributed by atoms with van der Waals surface area (Å²) in [6, 6.07) is 15.0. The first-order valence-electron chi connectivity index (χ1n) is 15.8. The van der Waals surface area contributed by atoms with Gasteiger partial charge in [0.15, 0.2) is 21.9 Å². The maximum Gasteiger partial charge on any atom is 0.189 e. The SMILES string of the molecule is CCCSc1nccc(-n2ncc3c(O)cccc32)n1.CCCSc1nccc(-n2ncc3c(OCCSC)cccc32)n1.CSCCCl. The fraction of sp³-hybridized carbons (Fsp3) is 0.353. The average Bonchev–Trinajstić information content (AvgIpc) is 3.78. The van der Waals surface area contributed by atoms with Crippen LogP contribution >= 0.6 is 58.6 Å². The van der Waals surface area contributed by atoms with Crippen LogP contribution in [0.1, 0.15) is 26.7 Å². The van der Waals surface area contributed by atoms with E-state index in [-0.39, 0.29) is 5.75 Å². The van der Waals surface area contributed by atoms with Crippen molar-refractivity contribution in [2.24, 2.45) is 0 Å². The van der Waals surface area contributed by atoms with Gasteiger partial charge in [-0.25, -0.2) is 29.3 Å². The van der Waals surface area contributed by atoms with E-state index in [1.54, 1.807) is 82.5 Å². The van der Waals surface area contributed by atoms with E-state index in [9.17, 15) is 5.11 Å². The summed E-state index contributed by atoms with van der Waals surface area (Å²) in [7, 11) is 0. The van der Waals surface area contributed by atoms with Crippen molar-refractivity contribution in [3.63, 3.8) is 0 Å². The smallest absolute Gasteiger partial charge is 0.189 e. The Morgan fingerprint density at radius 1 is 0.714 bits per heavy atom. The monoisotopic (exact) mass is 756 g/mol. The van der Waals surface area contributed by atoms with Crippen LogP contribution in [-0.4, -0.2) is 92.6 Å². The van der Waals surface area contributed by atoms with E-state index in [2.05, 4.69) is 50.2 Å². The molecule has 6 aromatic rings. The van der Waals surface area contributed by atoms with E-state index < -0.39 is 0 Å².